The number of hydrogen-bond donors (Lipinski definition) is 2. The van der Waals surface area contributed by atoms with Gasteiger partial charge in [0.05, 0.1) is 12.1 Å². The highest BCUT2D eigenvalue weighted by Gasteiger charge is 2.14. The lowest BCUT2D eigenvalue weighted by Gasteiger charge is -2.26. The maximum absolute atomic E-state index is 14.0. The topological polar surface area (TPSA) is 48.9 Å². The number of halogens is 4. The number of piperidine rings is 1. The van der Waals surface area contributed by atoms with Crippen LogP contribution in [0.5, 0.6) is 5.75 Å². The SMILES string of the molecule is CCNC(=NCc1c(F)cccc1OC(F)F)NCCN1CCCCC1.I. The lowest BCUT2D eigenvalue weighted by Crippen LogP contribution is -2.42. The van der Waals surface area contributed by atoms with Crippen molar-refractivity contribution >= 4 is 29.9 Å². The van der Waals surface area contributed by atoms with Crippen molar-refractivity contribution < 1.29 is 17.9 Å². The van der Waals surface area contributed by atoms with Crippen LogP contribution in [0.3, 0.4) is 0 Å². The Hall–Kier alpha value is -1.23. The van der Waals surface area contributed by atoms with Gasteiger partial charge in [-0.3, -0.25) is 0 Å². The van der Waals surface area contributed by atoms with Gasteiger partial charge in [0.15, 0.2) is 5.96 Å². The van der Waals surface area contributed by atoms with Crippen LogP contribution in [-0.2, 0) is 6.54 Å². The first-order valence-corrected chi connectivity index (χ1v) is 9.07. The van der Waals surface area contributed by atoms with Gasteiger partial charge in [-0.1, -0.05) is 12.5 Å². The third kappa shape index (κ3) is 8.54. The van der Waals surface area contributed by atoms with Crippen molar-refractivity contribution in [3.05, 3.63) is 29.6 Å². The first kappa shape index (κ1) is 23.8. The van der Waals surface area contributed by atoms with E-state index in [1.54, 1.807) is 0 Å². The molecule has 2 N–H and O–H groups in total. The van der Waals surface area contributed by atoms with Gasteiger partial charge in [0.2, 0.25) is 0 Å². The van der Waals surface area contributed by atoms with Gasteiger partial charge in [-0.2, -0.15) is 8.78 Å². The quantitative estimate of drug-likeness (QED) is 0.326. The lowest BCUT2D eigenvalue weighted by molar-refractivity contribution is -0.0506. The number of rotatable bonds is 8. The van der Waals surface area contributed by atoms with Crippen molar-refractivity contribution in [3.63, 3.8) is 0 Å². The summed E-state index contributed by atoms with van der Waals surface area (Å²) in [6, 6.07) is 3.86. The standard InChI is InChI=1S/C18H27F3N4O.HI/c1-2-22-18(23-9-12-25-10-4-3-5-11-25)24-13-14-15(19)7-6-8-16(14)26-17(20)21;/h6-8,17H,2-5,9-13H2,1H3,(H2,22,23,24);1H. The van der Waals surface area contributed by atoms with Crippen molar-refractivity contribution in [3.8, 4) is 5.75 Å². The molecule has 5 nitrogen and oxygen atoms in total. The second-order valence-corrected chi connectivity index (χ2v) is 6.12. The zero-order valence-corrected chi connectivity index (χ0v) is 17.8. The van der Waals surface area contributed by atoms with E-state index in [1.165, 1.54) is 37.5 Å². The Bertz CT molecular complexity index is 584. The molecule has 9 heteroatoms. The molecule has 0 atom stereocenters. The molecular formula is C18H28F3IN4O. The number of hydrogen-bond acceptors (Lipinski definition) is 3. The predicted octanol–water partition coefficient (Wildman–Crippen LogP) is 3.59. The molecule has 0 unspecified atom stereocenters. The summed E-state index contributed by atoms with van der Waals surface area (Å²) in [5.41, 5.74) is 0.0148. The predicted molar refractivity (Wildman–Crippen MR) is 112 cm³/mol. The fourth-order valence-electron chi connectivity index (χ4n) is 2.91. The molecule has 0 spiro atoms. The van der Waals surface area contributed by atoms with Gasteiger partial charge < -0.3 is 20.3 Å². The van der Waals surface area contributed by atoms with Gasteiger partial charge >= 0.3 is 6.61 Å². The molecule has 0 aliphatic carbocycles. The minimum Gasteiger partial charge on any atom is -0.434 e. The summed E-state index contributed by atoms with van der Waals surface area (Å²) in [4.78, 5) is 6.70. The first-order chi connectivity index (χ1) is 12.6. The Morgan fingerprint density at radius 1 is 1.22 bits per heavy atom. The number of aliphatic imine (C=N–C) groups is 1. The van der Waals surface area contributed by atoms with E-state index in [0.29, 0.717) is 19.0 Å². The van der Waals surface area contributed by atoms with Crippen molar-refractivity contribution in [1.29, 1.82) is 0 Å². The molecule has 1 fully saturated rings. The summed E-state index contributed by atoms with van der Waals surface area (Å²) >= 11 is 0. The van der Waals surface area contributed by atoms with Crippen molar-refractivity contribution in [2.75, 3.05) is 32.7 Å². The minimum absolute atomic E-state index is 0. The number of alkyl halides is 2. The van der Waals surface area contributed by atoms with Gasteiger partial charge in [-0.15, -0.1) is 24.0 Å². The van der Waals surface area contributed by atoms with Crippen LogP contribution in [0, 0.1) is 5.82 Å². The molecule has 0 bridgehead atoms. The Kier molecular flexibility index (Phi) is 11.5. The van der Waals surface area contributed by atoms with Gasteiger partial charge in [0, 0.05) is 19.6 Å². The van der Waals surface area contributed by atoms with Crippen molar-refractivity contribution in [2.24, 2.45) is 4.99 Å². The van der Waals surface area contributed by atoms with E-state index in [1.807, 2.05) is 6.92 Å². The van der Waals surface area contributed by atoms with Crippen LogP contribution in [0.25, 0.3) is 0 Å². The van der Waals surface area contributed by atoms with Crippen LogP contribution in [-0.4, -0.2) is 50.2 Å². The highest BCUT2D eigenvalue weighted by atomic mass is 127. The maximum atomic E-state index is 14.0. The van der Waals surface area contributed by atoms with Crippen LogP contribution in [0.2, 0.25) is 0 Å². The van der Waals surface area contributed by atoms with E-state index in [-0.39, 0.29) is 41.8 Å². The molecule has 0 aromatic heterocycles. The first-order valence-electron chi connectivity index (χ1n) is 9.07. The number of likely N-dealkylation sites (tertiary alicyclic amines) is 1. The Morgan fingerprint density at radius 3 is 2.63 bits per heavy atom. The monoisotopic (exact) mass is 500 g/mol. The summed E-state index contributed by atoms with van der Waals surface area (Å²) in [5.74, 6) is -0.278. The van der Waals surface area contributed by atoms with E-state index in [9.17, 15) is 13.2 Å². The Labute approximate surface area is 175 Å². The number of benzene rings is 1. The smallest absolute Gasteiger partial charge is 0.387 e. The second kappa shape index (κ2) is 13.0. The van der Waals surface area contributed by atoms with Gasteiger partial charge in [-0.05, 0) is 45.0 Å². The Balaban J connectivity index is 0.00000364. The maximum Gasteiger partial charge on any atom is 0.387 e. The largest absolute Gasteiger partial charge is 0.434 e. The second-order valence-electron chi connectivity index (χ2n) is 6.12. The van der Waals surface area contributed by atoms with Gasteiger partial charge in [-0.25, -0.2) is 9.38 Å². The van der Waals surface area contributed by atoms with Crippen LogP contribution < -0.4 is 15.4 Å². The summed E-state index contributed by atoms with van der Waals surface area (Å²) < 4.78 is 43.3. The van der Waals surface area contributed by atoms with E-state index in [0.717, 1.165) is 19.6 Å². The molecule has 0 saturated carbocycles. The molecule has 0 radical (unpaired) electrons. The van der Waals surface area contributed by atoms with E-state index in [2.05, 4.69) is 25.3 Å². The summed E-state index contributed by atoms with van der Waals surface area (Å²) in [6.07, 6.45) is 3.75. The average molecular weight is 500 g/mol. The van der Waals surface area contributed by atoms with Crippen molar-refractivity contribution in [1.82, 2.24) is 15.5 Å². The molecule has 1 aliphatic heterocycles. The third-order valence-corrected chi connectivity index (χ3v) is 4.20. The van der Waals surface area contributed by atoms with Crippen LogP contribution in [0.4, 0.5) is 13.2 Å². The molecule has 1 aliphatic rings. The fourth-order valence-corrected chi connectivity index (χ4v) is 2.91. The number of nitrogens with one attached hydrogen (secondary N) is 2. The molecule has 154 valence electrons. The molecule has 1 heterocycles. The van der Waals surface area contributed by atoms with Gasteiger partial charge in [0.25, 0.3) is 0 Å². The molecule has 0 amide bonds. The summed E-state index contributed by atoms with van der Waals surface area (Å²) in [7, 11) is 0. The minimum atomic E-state index is -3.00. The van der Waals surface area contributed by atoms with Crippen molar-refractivity contribution in [2.45, 2.75) is 39.3 Å². The summed E-state index contributed by atoms with van der Waals surface area (Å²) in [5, 5.41) is 6.28. The highest BCUT2D eigenvalue weighted by Crippen LogP contribution is 2.24. The molecule has 2 rings (SSSR count). The third-order valence-electron chi connectivity index (χ3n) is 4.20. The summed E-state index contributed by atoms with van der Waals surface area (Å²) in [6.45, 7) is 3.32. The molecule has 27 heavy (non-hydrogen) atoms. The number of guanidine groups is 1. The molecular weight excluding hydrogens is 472 g/mol. The van der Waals surface area contributed by atoms with E-state index < -0.39 is 12.4 Å². The number of nitrogens with zero attached hydrogens (tertiary/aromatic N) is 2. The van der Waals surface area contributed by atoms with E-state index in [4.69, 9.17) is 0 Å². The Morgan fingerprint density at radius 2 is 1.96 bits per heavy atom. The van der Waals surface area contributed by atoms with Crippen LogP contribution >= 0.6 is 24.0 Å². The normalized spacial score (nSPS) is 15.4. The van der Waals surface area contributed by atoms with E-state index >= 15 is 0 Å². The molecule has 1 aromatic carbocycles. The molecule has 1 aromatic rings. The average Bonchev–Trinajstić information content (AvgIpc) is 2.61. The zero-order valence-electron chi connectivity index (χ0n) is 15.5. The highest BCUT2D eigenvalue weighted by molar-refractivity contribution is 14.0. The lowest BCUT2D eigenvalue weighted by atomic mass is 10.1. The van der Waals surface area contributed by atoms with Gasteiger partial charge in [0.1, 0.15) is 11.6 Å². The van der Waals surface area contributed by atoms with Crippen LogP contribution in [0.1, 0.15) is 31.7 Å². The fraction of sp³-hybridized carbons (Fsp3) is 0.611. The zero-order chi connectivity index (χ0) is 18.8. The molecule has 1 saturated heterocycles. The number of ether oxygens (including phenoxy) is 1. The van der Waals surface area contributed by atoms with Crippen LogP contribution in [0.15, 0.2) is 23.2 Å².